The molecule has 0 saturated carbocycles. The van der Waals surface area contributed by atoms with Crippen molar-refractivity contribution in [2.24, 2.45) is 0 Å². The lowest BCUT2D eigenvalue weighted by atomic mass is 9.98. The van der Waals surface area contributed by atoms with Gasteiger partial charge < -0.3 is 20.5 Å². The van der Waals surface area contributed by atoms with Crippen molar-refractivity contribution >= 4 is 57.7 Å². The maximum atomic E-state index is 13.6. The van der Waals surface area contributed by atoms with Crippen molar-refractivity contribution < 1.29 is 29.0 Å². The number of carboxylic acids is 1. The van der Waals surface area contributed by atoms with Gasteiger partial charge in [0, 0.05) is 27.2 Å². The van der Waals surface area contributed by atoms with Crippen molar-refractivity contribution in [3.8, 4) is 0 Å². The molecule has 44 heavy (non-hydrogen) atoms. The predicted molar refractivity (Wildman–Crippen MR) is 171 cm³/mol. The van der Waals surface area contributed by atoms with Gasteiger partial charge in [0.15, 0.2) is 0 Å². The molecule has 0 aliphatic carbocycles. The van der Waals surface area contributed by atoms with E-state index in [1.807, 2.05) is 36.4 Å². The molecule has 0 bridgehead atoms. The molecule has 5 rings (SSSR count). The zero-order chi connectivity index (χ0) is 31.1. The van der Waals surface area contributed by atoms with Crippen LogP contribution in [0, 0.1) is 0 Å². The van der Waals surface area contributed by atoms with Crippen LogP contribution in [0.1, 0.15) is 48.8 Å². The molecule has 5 aromatic rings. The second-order valence-corrected chi connectivity index (χ2v) is 10.9. The molecule has 5 aromatic carbocycles. The zero-order valence-corrected chi connectivity index (χ0v) is 24.5. The number of nitrogens with one attached hydrogen (secondary N) is 2. The third-order valence-electron chi connectivity index (χ3n) is 6.73. The van der Waals surface area contributed by atoms with E-state index in [1.54, 1.807) is 79.7 Å². The quantitative estimate of drug-likeness (QED) is 0.112. The first kappa shape index (κ1) is 30.1. The molecule has 0 aromatic heterocycles. The van der Waals surface area contributed by atoms with Crippen LogP contribution in [0.25, 0.3) is 10.8 Å². The highest BCUT2D eigenvalue weighted by molar-refractivity contribution is 8.00. The normalized spacial score (nSPS) is 11.4. The standard InChI is InChI=1S/C35H28N2O6S/c1-2-43-35(42)24-17-19-25(20-18-24)36-33(39)31(23-9-4-3-5-10-23)44-27-14-8-13-26(21-27)37-32(38)28-15-6-11-22-12-7-16-29(30(22)28)34(40)41/h3-21,31H,2H2,1H3,(H,36,39)(H,37,38)(H,40,41). The first-order chi connectivity index (χ1) is 21.3. The summed E-state index contributed by atoms with van der Waals surface area (Å²) in [4.78, 5) is 51.5. The average molecular weight is 605 g/mol. The van der Waals surface area contributed by atoms with E-state index < -0.39 is 23.1 Å². The number of benzene rings is 5. The Morgan fingerprint density at radius 2 is 1.43 bits per heavy atom. The number of esters is 1. The van der Waals surface area contributed by atoms with E-state index in [0.29, 0.717) is 27.7 Å². The second-order valence-electron chi connectivity index (χ2n) is 9.69. The molecule has 2 amide bonds. The molecule has 0 heterocycles. The Morgan fingerprint density at radius 3 is 2.11 bits per heavy atom. The van der Waals surface area contributed by atoms with Crippen LogP contribution >= 0.6 is 11.8 Å². The van der Waals surface area contributed by atoms with Crippen LogP contribution in [0.5, 0.6) is 0 Å². The van der Waals surface area contributed by atoms with Crippen molar-refractivity contribution in [1.82, 2.24) is 0 Å². The van der Waals surface area contributed by atoms with Gasteiger partial charge in [0.2, 0.25) is 5.91 Å². The molecular weight excluding hydrogens is 576 g/mol. The van der Waals surface area contributed by atoms with E-state index >= 15 is 0 Å². The molecule has 0 fully saturated rings. The van der Waals surface area contributed by atoms with Gasteiger partial charge in [-0.25, -0.2) is 9.59 Å². The zero-order valence-electron chi connectivity index (χ0n) is 23.7. The highest BCUT2D eigenvalue weighted by Gasteiger charge is 2.23. The number of ether oxygens (including phenoxy) is 1. The SMILES string of the molecule is CCOC(=O)c1ccc(NC(=O)C(Sc2cccc(NC(=O)c3cccc4cccc(C(=O)O)c34)c2)c2ccccc2)cc1. The Balaban J connectivity index is 1.37. The van der Waals surface area contributed by atoms with Crippen LogP contribution < -0.4 is 10.6 Å². The third-order valence-corrected chi connectivity index (χ3v) is 7.98. The molecule has 1 unspecified atom stereocenters. The van der Waals surface area contributed by atoms with Gasteiger partial charge in [0.25, 0.3) is 5.91 Å². The Morgan fingerprint density at radius 1 is 0.750 bits per heavy atom. The van der Waals surface area contributed by atoms with Crippen LogP contribution in [0.2, 0.25) is 0 Å². The van der Waals surface area contributed by atoms with Crippen molar-refractivity contribution in [3.63, 3.8) is 0 Å². The fourth-order valence-corrected chi connectivity index (χ4v) is 5.79. The molecule has 1 atom stereocenters. The van der Waals surface area contributed by atoms with Crippen LogP contribution in [0.3, 0.4) is 0 Å². The van der Waals surface area contributed by atoms with Gasteiger partial charge in [-0.2, -0.15) is 0 Å². The minimum atomic E-state index is -1.12. The smallest absolute Gasteiger partial charge is 0.338 e. The van der Waals surface area contributed by atoms with Gasteiger partial charge in [-0.05, 0) is 72.5 Å². The van der Waals surface area contributed by atoms with Crippen molar-refractivity contribution in [3.05, 3.63) is 138 Å². The van der Waals surface area contributed by atoms with Crippen LogP contribution in [0.4, 0.5) is 11.4 Å². The Kier molecular flexibility index (Phi) is 9.37. The van der Waals surface area contributed by atoms with Gasteiger partial charge in [-0.3, -0.25) is 9.59 Å². The molecule has 0 spiro atoms. The first-order valence-corrected chi connectivity index (χ1v) is 14.7. The lowest BCUT2D eigenvalue weighted by Crippen LogP contribution is -2.19. The molecule has 0 saturated heterocycles. The monoisotopic (exact) mass is 604 g/mol. The maximum absolute atomic E-state index is 13.6. The molecule has 8 nitrogen and oxygen atoms in total. The van der Waals surface area contributed by atoms with E-state index in [2.05, 4.69) is 10.6 Å². The minimum Gasteiger partial charge on any atom is -0.478 e. The van der Waals surface area contributed by atoms with Crippen molar-refractivity contribution in [1.29, 1.82) is 0 Å². The molecule has 220 valence electrons. The van der Waals surface area contributed by atoms with Crippen molar-refractivity contribution in [2.75, 3.05) is 17.2 Å². The summed E-state index contributed by atoms with van der Waals surface area (Å²) >= 11 is 1.31. The first-order valence-electron chi connectivity index (χ1n) is 13.8. The number of fused-ring (bicyclic) bond motifs is 1. The van der Waals surface area contributed by atoms with Gasteiger partial charge in [0.1, 0.15) is 5.25 Å². The summed E-state index contributed by atoms with van der Waals surface area (Å²) < 4.78 is 5.02. The number of aromatic carboxylic acids is 1. The number of hydrogen-bond acceptors (Lipinski definition) is 6. The third kappa shape index (κ3) is 6.96. The fraction of sp³-hybridized carbons (Fsp3) is 0.0857. The van der Waals surface area contributed by atoms with Crippen LogP contribution in [-0.4, -0.2) is 35.5 Å². The predicted octanol–water partition coefficient (Wildman–Crippen LogP) is 7.44. The topological polar surface area (TPSA) is 122 Å². The van der Waals surface area contributed by atoms with Crippen LogP contribution in [-0.2, 0) is 9.53 Å². The number of carbonyl (C=O) groups excluding carboxylic acids is 3. The van der Waals surface area contributed by atoms with Gasteiger partial charge in [-0.1, -0.05) is 60.7 Å². The number of thioether (sulfide) groups is 1. The second kappa shape index (κ2) is 13.7. The fourth-order valence-electron chi connectivity index (χ4n) is 4.70. The van der Waals surface area contributed by atoms with Crippen molar-refractivity contribution in [2.45, 2.75) is 17.1 Å². The number of carboxylic acid groups (broad SMARTS) is 1. The average Bonchev–Trinajstić information content (AvgIpc) is 3.04. The van der Waals surface area contributed by atoms with Gasteiger partial charge >= 0.3 is 11.9 Å². The number of hydrogen-bond donors (Lipinski definition) is 3. The summed E-state index contributed by atoms with van der Waals surface area (Å²) in [6.45, 7) is 2.01. The Hall–Kier alpha value is -5.41. The largest absolute Gasteiger partial charge is 0.478 e. The van der Waals surface area contributed by atoms with Gasteiger partial charge in [-0.15, -0.1) is 11.8 Å². The maximum Gasteiger partial charge on any atom is 0.338 e. The van der Waals surface area contributed by atoms with E-state index in [-0.39, 0.29) is 23.6 Å². The van der Waals surface area contributed by atoms with E-state index in [4.69, 9.17) is 4.74 Å². The van der Waals surface area contributed by atoms with Gasteiger partial charge in [0.05, 0.1) is 17.7 Å². The summed E-state index contributed by atoms with van der Waals surface area (Å²) in [7, 11) is 0. The number of rotatable bonds is 10. The highest BCUT2D eigenvalue weighted by Crippen LogP contribution is 2.37. The van der Waals surface area contributed by atoms with E-state index in [9.17, 15) is 24.3 Å². The number of carbonyl (C=O) groups is 4. The van der Waals surface area contributed by atoms with Crippen LogP contribution in [0.15, 0.2) is 120 Å². The summed E-state index contributed by atoms with van der Waals surface area (Å²) in [5.74, 6) is -2.26. The number of anilines is 2. The molecule has 0 aliphatic rings. The molecular formula is C35H28N2O6S. The van der Waals surface area contributed by atoms with E-state index in [1.165, 1.54) is 17.8 Å². The molecule has 9 heteroatoms. The Bertz CT molecular complexity index is 1830. The van der Waals surface area contributed by atoms with E-state index in [0.717, 1.165) is 10.5 Å². The summed E-state index contributed by atoms with van der Waals surface area (Å²) in [6.07, 6.45) is 0. The summed E-state index contributed by atoms with van der Waals surface area (Å²) in [6, 6.07) is 32.9. The lowest BCUT2D eigenvalue weighted by molar-refractivity contribution is -0.115. The lowest BCUT2D eigenvalue weighted by Gasteiger charge is -2.18. The summed E-state index contributed by atoms with van der Waals surface area (Å²) in [5.41, 5.74) is 2.48. The molecule has 3 N–H and O–H groups in total. The highest BCUT2D eigenvalue weighted by atomic mass is 32.2. The molecule has 0 radical (unpaired) electrons. The molecule has 0 aliphatic heterocycles. The number of amides is 2. The Labute approximate surface area is 258 Å². The summed E-state index contributed by atoms with van der Waals surface area (Å²) in [5, 5.41) is 15.9. The minimum absolute atomic E-state index is 0.0461.